The van der Waals surface area contributed by atoms with Crippen molar-refractivity contribution in [1.82, 2.24) is 5.32 Å². The van der Waals surface area contributed by atoms with Gasteiger partial charge in [0.2, 0.25) is 5.91 Å². The third kappa shape index (κ3) is 5.30. The van der Waals surface area contributed by atoms with Crippen molar-refractivity contribution in [3.63, 3.8) is 0 Å². The van der Waals surface area contributed by atoms with Crippen LogP contribution in [0.4, 0.5) is 5.69 Å². The molecule has 110 valence electrons. The molecule has 5 heteroatoms. The summed E-state index contributed by atoms with van der Waals surface area (Å²) in [7, 11) is 1.32. The van der Waals surface area contributed by atoms with Crippen LogP contribution < -0.4 is 11.1 Å². The molecule has 0 aliphatic rings. The number of ether oxygens (including phenoxy) is 1. The van der Waals surface area contributed by atoms with Crippen LogP contribution in [0.2, 0.25) is 0 Å². The zero-order valence-electron chi connectivity index (χ0n) is 12.2. The van der Waals surface area contributed by atoms with Crippen LogP contribution in [-0.4, -0.2) is 25.0 Å². The van der Waals surface area contributed by atoms with Gasteiger partial charge in [0.1, 0.15) is 6.04 Å². The number of carbonyl (C=O) groups excluding carboxylic acids is 2. The number of carbonyl (C=O) groups is 2. The first-order valence-electron chi connectivity index (χ1n) is 6.64. The molecule has 0 bridgehead atoms. The number of anilines is 1. The van der Waals surface area contributed by atoms with Crippen molar-refractivity contribution < 1.29 is 14.3 Å². The van der Waals surface area contributed by atoms with E-state index in [1.54, 1.807) is 24.3 Å². The van der Waals surface area contributed by atoms with E-state index in [1.165, 1.54) is 7.11 Å². The lowest BCUT2D eigenvalue weighted by molar-refractivity contribution is -0.145. The smallest absolute Gasteiger partial charge is 0.328 e. The van der Waals surface area contributed by atoms with Gasteiger partial charge in [0, 0.05) is 5.69 Å². The molecule has 1 amide bonds. The van der Waals surface area contributed by atoms with Crippen LogP contribution in [0.25, 0.3) is 0 Å². The second-order valence-corrected chi connectivity index (χ2v) is 5.19. The maximum atomic E-state index is 12.0. The Morgan fingerprint density at radius 1 is 1.25 bits per heavy atom. The summed E-state index contributed by atoms with van der Waals surface area (Å²) in [6, 6.07) is 6.49. The number of hydrogen-bond acceptors (Lipinski definition) is 4. The predicted molar refractivity (Wildman–Crippen MR) is 78.0 cm³/mol. The van der Waals surface area contributed by atoms with Crippen molar-refractivity contribution in [2.75, 3.05) is 12.8 Å². The van der Waals surface area contributed by atoms with Gasteiger partial charge in [-0.1, -0.05) is 26.0 Å². The van der Waals surface area contributed by atoms with Crippen LogP contribution >= 0.6 is 0 Å². The first-order chi connectivity index (χ1) is 9.42. The van der Waals surface area contributed by atoms with Crippen LogP contribution in [0.3, 0.4) is 0 Å². The van der Waals surface area contributed by atoms with Crippen molar-refractivity contribution in [2.45, 2.75) is 32.7 Å². The molecule has 5 nitrogen and oxygen atoms in total. The van der Waals surface area contributed by atoms with Gasteiger partial charge in [-0.25, -0.2) is 4.79 Å². The molecule has 20 heavy (non-hydrogen) atoms. The monoisotopic (exact) mass is 278 g/mol. The molecule has 0 unspecified atom stereocenters. The highest BCUT2D eigenvalue weighted by Gasteiger charge is 2.22. The Labute approximate surface area is 119 Å². The van der Waals surface area contributed by atoms with E-state index in [1.807, 2.05) is 13.8 Å². The molecular formula is C15H22N2O3. The lowest BCUT2D eigenvalue weighted by atomic mass is 10.0. The molecule has 3 N–H and O–H groups in total. The number of hydrogen-bond donors (Lipinski definition) is 2. The maximum absolute atomic E-state index is 12.0. The summed E-state index contributed by atoms with van der Waals surface area (Å²) in [6.45, 7) is 3.98. The van der Waals surface area contributed by atoms with Crippen molar-refractivity contribution >= 4 is 17.6 Å². The van der Waals surface area contributed by atoms with Gasteiger partial charge >= 0.3 is 5.97 Å². The van der Waals surface area contributed by atoms with E-state index in [-0.39, 0.29) is 18.2 Å². The summed E-state index contributed by atoms with van der Waals surface area (Å²) < 4.78 is 4.71. The number of nitrogens with one attached hydrogen (secondary N) is 1. The molecule has 0 heterocycles. The molecule has 0 aromatic heterocycles. The molecule has 0 fully saturated rings. The van der Waals surface area contributed by atoms with Crippen molar-refractivity contribution in [2.24, 2.45) is 5.92 Å². The van der Waals surface area contributed by atoms with Gasteiger partial charge in [0.25, 0.3) is 0 Å². The van der Waals surface area contributed by atoms with Crippen LogP contribution in [0, 0.1) is 5.92 Å². The molecule has 1 rings (SSSR count). The highest BCUT2D eigenvalue weighted by atomic mass is 16.5. The number of nitrogen functional groups attached to an aromatic ring is 1. The van der Waals surface area contributed by atoms with Crippen LogP contribution in [0.15, 0.2) is 24.3 Å². The van der Waals surface area contributed by atoms with Crippen LogP contribution in [-0.2, 0) is 20.7 Å². The van der Waals surface area contributed by atoms with E-state index in [9.17, 15) is 9.59 Å². The normalized spacial score (nSPS) is 12.0. The molecule has 0 radical (unpaired) electrons. The second kappa shape index (κ2) is 7.53. The summed E-state index contributed by atoms with van der Waals surface area (Å²) in [6.07, 6.45) is 0.770. The summed E-state index contributed by atoms with van der Waals surface area (Å²) in [5, 5.41) is 2.72. The van der Waals surface area contributed by atoms with E-state index in [2.05, 4.69) is 5.32 Å². The summed E-state index contributed by atoms with van der Waals surface area (Å²) in [4.78, 5) is 23.6. The first-order valence-corrected chi connectivity index (χ1v) is 6.64. The Balaban J connectivity index is 2.61. The van der Waals surface area contributed by atoms with Crippen molar-refractivity contribution in [1.29, 1.82) is 0 Å². The summed E-state index contributed by atoms with van der Waals surface area (Å²) in [5.74, 6) is -0.328. The molecule has 1 aromatic rings. The predicted octanol–water partition coefficient (Wildman–Crippen LogP) is 1.52. The van der Waals surface area contributed by atoms with Gasteiger partial charge in [-0.3, -0.25) is 4.79 Å². The third-order valence-corrected chi connectivity index (χ3v) is 2.87. The molecule has 1 aromatic carbocycles. The third-order valence-electron chi connectivity index (χ3n) is 2.87. The molecule has 0 spiro atoms. The highest BCUT2D eigenvalue weighted by molar-refractivity contribution is 5.85. The van der Waals surface area contributed by atoms with Crippen molar-refractivity contribution in [3.8, 4) is 0 Å². The number of nitrogens with two attached hydrogens (primary N) is 1. The standard InChI is InChI=1S/C15H22N2O3/c1-10(2)8-13(15(19)20-3)17-14(18)9-11-4-6-12(16)7-5-11/h4-7,10,13H,8-9,16H2,1-3H3,(H,17,18)/t13-/m0/s1. The summed E-state index contributed by atoms with van der Waals surface area (Å²) >= 11 is 0. The minimum Gasteiger partial charge on any atom is -0.467 e. The van der Waals surface area contributed by atoms with Crippen molar-refractivity contribution in [3.05, 3.63) is 29.8 Å². The minimum atomic E-state index is -0.596. The Bertz CT molecular complexity index is 455. The number of esters is 1. The fourth-order valence-electron chi connectivity index (χ4n) is 1.89. The number of rotatable bonds is 6. The lowest BCUT2D eigenvalue weighted by Gasteiger charge is -2.18. The molecule has 0 aliphatic heterocycles. The van der Waals surface area contributed by atoms with Gasteiger partial charge in [-0.05, 0) is 30.0 Å². The Morgan fingerprint density at radius 2 is 1.85 bits per heavy atom. The minimum absolute atomic E-state index is 0.203. The van der Waals surface area contributed by atoms with Crippen LogP contribution in [0.5, 0.6) is 0 Å². The quantitative estimate of drug-likeness (QED) is 0.610. The first kappa shape index (κ1) is 16.0. The molecular weight excluding hydrogens is 256 g/mol. The fourth-order valence-corrected chi connectivity index (χ4v) is 1.89. The number of methoxy groups -OCH3 is 1. The van der Waals surface area contributed by atoms with E-state index in [0.717, 1.165) is 5.56 Å². The van der Waals surface area contributed by atoms with E-state index in [4.69, 9.17) is 10.5 Å². The zero-order chi connectivity index (χ0) is 15.1. The van der Waals surface area contributed by atoms with Gasteiger partial charge in [0.15, 0.2) is 0 Å². The molecule has 0 saturated heterocycles. The van der Waals surface area contributed by atoms with Gasteiger partial charge in [-0.2, -0.15) is 0 Å². The topological polar surface area (TPSA) is 81.4 Å². The SMILES string of the molecule is COC(=O)[C@H](CC(C)C)NC(=O)Cc1ccc(N)cc1. The van der Waals surface area contributed by atoms with E-state index < -0.39 is 12.0 Å². The molecule has 0 aliphatic carbocycles. The Kier molecular flexibility index (Phi) is 6.03. The van der Waals surface area contributed by atoms with Gasteiger partial charge in [-0.15, -0.1) is 0 Å². The number of amides is 1. The Morgan fingerprint density at radius 3 is 2.35 bits per heavy atom. The largest absolute Gasteiger partial charge is 0.467 e. The van der Waals surface area contributed by atoms with Gasteiger partial charge < -0.3 is 15.8 Å². The Hall–Kier alpha value is -2.04. The molecule has 0 saturated carbocycles. The van der Waals surface area contributed by atoms with E-state index >= 15 is 0 Å². The van der Waals surface area contributed by atoms with E-state index in [0.29, 0.717) is 12.1 Å². The zero-order valence-corrected chi connectivity index (χ0v) is 12.2. The van der Waals surface area contributed by atoms with Gasteiger partial charge in [0.05, 0.1) is 13.5 Å². The maximum Gasteiger partial charge on any atom is 0.328 e. The fraction of sp³-hybridized carbons (Fsp3) is 0.467. The average Bonchev–Trinajstić information content (AvgIpc) is 2.39. The second-order valence-electron chi connectivity index (χ2n) is 5.19. The highest BCUT2D eigenvalue weighted by Crippen LogP contribution is 2.09. The lowest BCUT2D eigenvalue weighted by Crippen LogP contribution is -2.43. The van der Waals surface area contributed by atoms with Crippen LogP contribution in [0.1, 0.15) is 25.8 Å². The summed E-state index contributed by atoms with van der Waals surface area (Å²) in [5.41, 5.74) is 7.09. The number of benzene rings is 1. The average molecular weight is 278 g/mol. The molecule has 1 atom stereocenters.